The lowest BCUT2D eigenvalue weighted by atomic mass is 10.2. The van der Waals surface area contributed by atoms with E-state index in [-0.39, 0.29) is 0 Å². The van der Waals surface area contributed by atoms with Gasteiger partial charge >= 0.3 is 0 Å². The lowest BCUT2D eigenvalue weighted by molar-refractivity contribution is 0.961. The van der Waals surface area contributed by atoms with Crippen molar-refractivity contribution in [3.05, 3.63) is 35.2 Å². The molecule has 1 aromatic heterocycles. The van der Waals surface area contributed by atoms with Gasteiger partial charge in [-0.2, -0.15) is 0 Å². The lowest BCUT2D eigenvalue weighted by Gasteiger charge is -1.99. The van der Waals surface area contributed by atoms with Crippen molar-refractivity contribution in [3.63, 3.8) is 0 Å². The molecule has 0 bridgehead atoms. The van der Waals surface area contributed by atoms with Gasteiger partial charge in [0.1, 0.15) is 5.82 Å². The molecule has 3 heteroatoms. The Labute approximate surface area is 81.6 Å². The molecular weight excluding hydrogens is 184 g/mol. The van der Waals surface area contributed by atoms with Gasteiger partial charge in [0.2, 0.25) is 0 Å². The summed E-state index contributed by atoms with van der Waals surface area (Å²) in [6, 6.07) is 5.63. The van der Waals surface area contributed by atoms with E-state index < -0.39 is 0 Å². The minimum Gasteiger partial charge on any atom is -0.241 e. The molecule has 1 heterocycles. The summed E-state index contributed by atoms with van der Waals surface area (Å²) < 4.78 is 0. The fraction of sp³-hybridized carbons (Fsp3) is 0.200. The standard InChI is InChI=1S/C10H9ClN2/c1-2-10-12-6-7-5-8(11)3-4-9(7)13-10/h3-6H,2H2,1H3. The fourth-order valence-corrected chi connectivity index (χ4v) is 1.39. The molecule has 0 aliphatic rings. The number of aromatic nitrogens is 2. The zero-order valence-corrected chi connectivity index (χ0v) is 8.04. The van der Waals surface area contributed by atoms with Crippen molar-refractivity contribution >= 4 is 22.5 Å². The van der Waals surface area contributed by atoms with Crippen LogP contribution in [0.1, 0.15) is 12.7 Å². The monoisotopic (exact) mass is 192 g/mol. The average molecular weight is 193 g/mol. The van der Waals surface area contributed by atoms with Gasteiger partial charge in [-0.05, 0) is 18.2 Å². The molecule has 0 N–H and O–H groups in total. The van der Waals surface area contributed by atoms with Gasteiger partial charge in [0.05, 0.1) is 5.52 Å². The maximum absolute atomic E-state index is 5.84. The highest BCUT2D eigenvalue weighted by Crippen LogP contribution is 2.16. The Morgan fingerprint density at radius 3 is 3.00 bits per heavy atom. The second-order valence-corrected chi connectivity index (χ2v) is 3.28. The van der Waals surface area contributed by atoms with E-state index in [1.807, 2.05) is 31.3 Å². The third-order valence-electron chi connectivity index (χ3n) is 1.91. The molecule has 0 aliphatic carbocycles. The van der Waals surface area contributed by atoms with Crippen LogP contribution >= 0.6 is 11.6 Å². The van der Waals surface area contributed by atoms with Crippen molar-refractivity contribution in [1.82, 2.24) is 9.97 Å². The maximum Gasteiger partial charge on any atom is 0.128 e. The predicted octanol–water partition coefficient (Wildman–Crippen LogP) is 2.85. The molecule has 0 spiro atoms. The van der Waals surface area contributed by atoms with Crippen LogP contribution in [0.4, 0.5) is 0 Å². The van der Waals surface area contributed by atoms with E-state index in [2.05, 4.69) is 9.97 Å². The summed E-state index contributed by atoms with van der Waals surface area (Å²) in [5.74, 6) is 0.870. The molecule has 0 amide bonds. The second-order valence-electron chi connectivity index (χ2n) is 2.84. The minimum atomic E-state index is 0.723. The molecule has 0 unspecified atom stereocenters. The number of fused-ring (bicyclic) bond motifs is 1. The second kappa shape index (κ2) is 3.30. The van der Waals surface area contributed by atoms with Crippen LogP contribution in [0.5, 0.6) is 0 Å². The Morgan fingerprint density at radius 2 is 2.23 bits per heavy atom. The molecule has 66 valence electrons. The molecule has 1 aromatic carbocycles. The zero-order chi connectivity index (χ0) is 9.26. The summed E-state index contributed by atoms with van der Waals surface area (Å²) in [5.41, 5.74) is 0.955. The van der Waals surface area contributed by atoms with Crippen LogP contribution in [0.15, 0.2) is 24.4 Å². The number of benzene rings is 1. The number of aryl methyl sites for hydroxylation is 1. The Hall–Kier alpha value is -1.15. The van der Waals surface area contributed by atoms with Crippen LogP contribution < -0.4 is 0 Å². The van der Waals surface area contributed by atoms with Gasteiger partial charge in [-0.15, -0.1) is 0 Å². The molecule has 0 fully saturated rings. The summed E-state index contributed by atoms with van der Waals surface area (Å²) in [7, 11) is 0. The van der Waals surface area contributed by atoms with Gasteiger partial charge in [0.25, 0.3) is 0 Å². The van der Waals surface area contributed by atoms with Crippen molar-refractivity contribution in [2.45, 2.75) is 13.3 Å². The highest BCUT2D eigenvalue weighted by atomic mass is 35.5. The normalized spacial score (nSPS) is 10.6. The van der Waals surface area contributed by atoms with E-state index in [0.717, 1.165) is 28.2 Å². The van der Waals surface area contributed by atoms with E-state index in [1.165, 1.54) is 0 Å². The van der Waals surface area contributed by atoms with Gasteiger partial charge in [0, 0.05) is 23.0 Å². The Bertz CT molecular complexity index is 440. The highest BCUT2D eigenvalue weighted by molar-refractivity contribution is 6.31. The van der Waals surface area contributed by atoms with Crippen LogP contribution in [0.3, 0.4) is 0 Å². The van der Waals surface area contributed by atoms with Crippen molar-refractivity contribution in [2.75, 3.05) is 0 Å². The SMILES string of the molecule is CCc1ncc2cc(Cl)ccc2n1. The quantitative estimate of drug-likeness (QED) is 0.695. The topological polar surface area (TPSA) is 25.8 Å². The van der Waals surface area contributed by atoms with E-state index >= 15 is 0 Å². The average Bonchev–Trinajstić information content (AvgIpc) is 2.17. The Kier molecular flexibility index (Phi) is 2.15. The van der Waals surface area contributed by atoms with Crippen molar-refractivity contribution in [3.8, 4) is 0 Å². The van der Waals surface area contributed by atoms with E-state index in [9.17, 15) is 0 Å². The number of nitrogens with zero attached hydrogens (tertiary/aromatic N) is 2. The third-order valence-corrected chi connectivity index (χ3v) is 2.14. The van der Waals surface area contributed by atoms with Crippen LogP contribution in [0.25, 0.3) is 10.9 Å². The lowest BCUT2D eigenvalue weighted by Crippen LogP contribution is -1.91. The van der Waals surface area contributed by atoms with E-state index in [4.69, 9.17) is 11.6 Å². The predicted molar refractivity (Wildman–Crippen MR) is 53.9 cm³/mol. The number of hydrogen-bond donors (Lipinski definition) is 0. The van der Waals surface area contributed by atoms with E-state index in [1.54, 1.807) is 0 Å². The maximum atomic E-state index is 5.84. The first kappa shape index (κ1) is 8.45. The van der Waals surface area contributed by atoms with Crippen molar-refractivity contribution < 1.29 is 0 Å². The smallest absolute Gasteiger partial charge is 0.128 e. The molecule has 0 atom stereocenters. The van der Waals surface area contributed by atoms with Crippen LogP contribution in [-0.2, 0) is 6.42 Å². The molecular formula is C10H9ClN2. The number of halogens is 1. The first-order valence-electron chi connectivity index (χ1n) is 4.21. The molecule has 2 aromatic rings. The van der Waals surface area contributed by atoms with Gasteiger partial charge in [-0.1, -0.05) is 18.5 Å². The summed E-state index contributed by atoms with van der Waals surface area (Å²) in [6.07, 6.45) is 2.67. The molecule has 0 radical (unpaired) electrons. The summed E-state index contributed by atoms with van der Waals surface area (Å²) in [6.45, 7) is 2.04. The van der Waals surface area contributed by atoms with Gasteiger partial charge in [0.15, 0.2) is 0 Å². The van der Waals surface area contributed by atoms with Gasteiger partial charge < -0.3 is 0 Å². The van der Waals surface area contributed by atoms with Gasteiger partial charge in [-0.25, -0.2) is 9.97 Å². The first-order chi connectivity index (χ1) is 6.29. The summed E-state index contributed by atoms with van der Waals surface area (Å²) in [5, 5.41) is 1.71. The zero-order valence-electron chi connectivity index (χ0n) is 7.29. The number of rotatable bonds is 1. The minimum absolute atomic E-state index is 0.723. The molecule has 0 saturated carbocycles. The van der Waals surface area contributed by atoms with Crippen LogP contribution in [-0.4, -0.2) is 9.97 Å². The van der Waals surface area contributed by atoms with Crippen molar-refractivity contribution in [1.29, 1.82) is 0 Å². The number of hydrogen-bond acceptors (Lipinski definition) is 2. The van der Waals surface area contributed by atoms with Gasteiger partial charge in [-0.3, -0.25) is 0 Å². The third kappa shape index (κ3) is 1.63. The molecule has 2 rings (SSSR count). The molecule has 2 nitrogen and oxygen atoms in total. The largest absolute Gasteiger partial charge is 0.241 e. The van der Waals surface area contributed by atoms with E-state index in [0.29, 0.717) is 0 Å². The molecule has 0 aliphatic heterocycles. The summed E-state index contributed by atoms with van der Waals surface area (Å²) in [4.78, 5) is 8.56. The Morgan fingerprint density at radius 1 is 1.38 bits per heavy atom. The summed E-state index contributed by atoms with van der Waals surface area (Å²) >= 11 is 5.84. The first-order valence-corrected chi connectivity index (χ1v) is 4.58. The van der Waals surface area contributed by atoms with Crippen molar-refractivity contribution in [2.24, 2.45) is 0 Å². The van der Waals surface area contributed by atoms with Crippen LogP contribution in [0.2, 0.25) is 5.02 Å². The molecule has 13 heavy (non-hydrogen) atoms. The fourth-order valence-electron chi connectivity index (χ4n) is 1.21. The van der Waals surface area contributed by atoms with Crippen LogP contribution in [0, 0.1) is 0 Å². The molecule has 0 saturated heterocycles. The Balaban J connectivity index is 2.66. The highest BCUT2D eigenvalue weighted by Gasteiger charge is 1.98.